The summed E-state index contributed by atoms with van der Waals surface area (Å²) < 4.78 is 9.28. The molecule has 0 aliphatic heterocycles. The Hall–Kier alpha value is -3.67. The van der Waals surface area contributed by atoms with E-state index >= 15 is 0 Å². The Bertz CT molecular complexity index is 1190. The van der Waals surface area contributed by atoms with Gasteiger partial charge in [-0.05, 0) is 48.9 Å². The predicted octanol–water partition coefficient (Wildman–Crippen LogP) is 3.74. The fourth-order valence-corrected chi connectivity index (χ4v) is 3.15. The summed E-state index contributed by atoms with van der Waals surface area (Å²) in [7, 11) is 3.61. The lowest BCUT2D eigenvalue weighted by molar-refractivity contribution is 0.300. The number of rotatable bonds is 5. The molecule has 6 nitrogen and oxygen atoms in total. The first kappa shape index (κ1) is 18.7. The van der Waals surface area contributed by atoms with E-state index in [2.05, 4.69) is 16.1 Å². The summed E-state index contributed by atoms with van der Waals surface area (Å²) in [5, 5.41) is 4.52. The van der Waals surface area contributed by atoms with Crippen molar-refractivity contribution < 1.29 is 4.74 Å². The van der Waals surface area contributed by atoms with Crippen LogP contribution in [0.1, 0.15) is 11.3 Å². The van der Waals surface area contributed by atoms with E-state index in [1.807, 2.05) is 69.0 Å². The molecule has 0 N–H and O–H groups in total. The number of hydrogen-bond donors (Lipinski definition) is 0. The number of nitrogens with zero attached hydrogens (tertiary/aromatic N) is 4. The van der Waals surface area contributed by atoms with Gasteiger partial charge in [-0.1, -0.05) is 6.07 Å². The molecular weight excluding hydrogens is 364 g/mol. The second-order valence-electron chi connectivity index (χ2n) is 7.06. The molecule has 0 fully saturated rings. The van der Waals surface area contributed by atoms with Crippen LogP contribution in [0.5, 0.6) is 5.75 Å². The van der Waals surface area contributed by atoms with Gasteiger partial charge < -0.3 is 9.30 Å². The zero-order valence-corrected chi connectivity index (χ0v) is 16.7. The first-order valence-corrected chi connectivity index (χ1v) is 9.35. The summed E-state index contributed by atoms with van der Waals surface area (Å²) >= 11 is 0. The molecule has 146 valence electrons. The third-order valence-corrected chi connectivity index (χ3v) is 4.74. The second kappa shape index (κ2) is 7.75. The molecule has 0 aliphatic carbocycles. The normalized spacial score (nSPS) is 10.9. The minimum Gasteiger partial charge on any atom is -0.487 e. The third-order valence-electron chi connectivity index (χ3n) is 4.74. The van der Waals surface area contributed by atoms with Crippen molar-refractivity contribution in [2.45, 2.75) is 13.5 Å². The largest absolute Gasteiger partial charge is 0.487 e. The number of hydrogen-bond acceptors (Lipinski definition) is 4. The topological polar surface area (TPSA) is 61.9 Å². The van der Waals surface area contributed by atoms with Gasteiger partial charge >= 0.3 is 0 Å². The highest BCUT2D eigenvalue weighted by Gasteiger charge is 2.12. The van der Waals surface area contributed by atoms with E-state index in [1.165, 1.54) is 0 Å². The van der Waals surface area contributed by atoms with Gasteiger partial charge in [-0.2, -0.15) is 5.10 Å². The summed E-state index contributed by atoms with van der Waals surface area (Å²) in [4.78, 5) is 16.1. The van der Waals surface area contributed by atoms with E-state index in [0.717, 1.165) is 39.4 Å². The molecule has 0 bridgehead atoms. The number of aryl methyl sites for hydroxylation is 3. The molecule has 4 aromatic rings. The van der Waals surface area contributed by atoms with Crippen molar-refractivity contribution in [2.24, 2.45) is 14.1 Å². The molecule has 3 aromatic heterocycles. The van der Waals surface area contributed by atoms with Crippen molar-refractivity contribution in [1.82, 2.24) is 19.3 Å². The van der Waals surface area contributed by atoms with Crippen molar-refractivity contribution in [1.29, 1.82) is 0 Å². The third kappa shape index (κ3) is 4.11. The quantitative estimate of drug-likeness (QED) is 0.524. The highest BCUT2D eigenvalue weighted by molar-refractivity contribution is 5.64. The Kier molecular flexibility index (Phi) is 4.99. The van der Waals surface area contributed by atoms with Crippen molar-refractivity contribution in [3.05, 3.63) is 88.7 Å². The number of aromatic nitrogens is 4. The van der Waals surface area contributed by atoms with E-state index in [1.54, 1.807) is 22.4 Å². The highest BCUT2D eigenvalue weighted by Crippen LogP contribution is 2.25. The zero-order valence-electron chi connectivity index (χ0n) is 16.7. The van der Waals surface area contributed by atoms with Crippen LogP contribution in [0, 0.1) is 6.92 Å². The lowest BCUT2D eigenvalue weighted by Gasteiger charge is -2.08. The Labute approximate surface area is 169 Å². The second-order valence-corrected chi connectivity index (χ2v) is 7.06. The van der Waals surface area contributed by atoms with E-state index in [9.17, 15) is 4.79 Å². The fraction of sp³-hybridized carbons (Fsp3) is 0.174. The SMILES string of the molecule is Cc1ccc(-c2ccc(OCc3nn(C)cc3-c3ccc(=O)n(C)c3)cc2)nc1. The molecule has 0 radical (unpaired) electrons. The van der Waals surface area contributed by atoms with Gasteiger partial charge in [0.25, 0.3) is 0 Å². The van der Waals surface area contributed by atoms with E-state index in [-0.39, 0.29) is 5.56 Å². The molecule has 6 heteroatoms. The number of benzene rings is 1. The Morgan fingerprint density at radius 1 is 0.931 bits per heavy atom. The molecule has 0 atom stereocenters. The average Bonchev–Trinajstić information content (AvgIpc) is 3.10. The smallest absolute Gasteiger partial charge is 0.250 e. The molecule has 0 saturated carbocycles. The lowest BCUT2D eigenvalue weighted by Crippen LogP contribution is -2.14. The molecule has 29 heavy (non-hydrogen) atoms. The Morgan fingerprint density at radius 3 is 2.38 bits per heavy atom. The van der Waals surface area contributed by atoms with Crippen molar-refractivity contribution in [3.8, 4) is 28.1 Å². The summed E-state index contributed by atoms with van der Waals surface area (Å²) in [6.07, 6.45) is 5.61. The summed E-state index contributed by atoms with van der Waals surface area (Å²) in [6, 6.07) is 15.3. The molecular formula is C23H22N4O2. The maximum Gasteiger partial charge on any atom is 0.250 e. The van der Waals surface area contributed by atoms with Gasteiger partial charge in [0, 0.05) is 55.4 Å². The molecule has 0 saturated heterocycles. The maximum absolute atomic E-state index is 11.7. The monoisotopic (exact) mass is 386 g/mol. The molecule has 1 aromatic carbocycles. The molecule has 0 spiro atoms. The maximum atomic E-state index is 11.7. The van der Waals surface area contributed by atoms with Gasteiger partial charge in [-0.3, -0.25) is 14.5 Å². The van der Waals surface area contributed by atoms with Crippen LogP contribution in [0.15, 0.2) is 71.9 Å². The summed E-state index contributed by atoms with van der Waals surface area (Å²) in [5.74, 6) is 0.762. The summed E-state index contributed by atoms with van der Waals surface area (Å²) in [6.45, 7) is 2.36. The minimum absolute atomic E-state index is 0.0430. The van der Waals surface area contributed by atoms with Crippen molar-refractivity contribution in [2.75, 3.05) is 0 Å². The van der Waals surface area contributed by atoms with Crippen LogP contribution >= 0.6 is 0 Å². The lowest BCUT2D eigenvalue weighted by atomic mass is 10.1. The first-order chi connectivity index (χ1) is 14.0. The molecule has 3 heterocycles. The van der Waals surface area contributed by atoms with E-state index < -0.39 is 0 Å². The molecule has 4 rings (SSSR count). The zero-order chi connectivity index (χ0) is 20.4. The molecule has 0 unspecified atom stereocenters. The predicted molar refractivity (Wildman–Crippen MR) is 113 cm³/mol. The van der Waals surface area contributed by atoms with Crippen LogP contribution in [0.3, 0.4) is 0 Å². The van der Waals surface area contributed by atoms with Gasteiger partial charge in [-0.15, -0.1) is 0 Å². The van der Waals surface area contributed by atoms with E-state index in [4.69, 9.17) is 4.74 Å². The van der Waals surface area contributed by atoms with Crippen LogP contribution in [-0.4, -0.2) is 19.3 Å². The molecule has 0 aliphatic rings. The Morgan fingerprint density at radius 2 is 1.69 bits per heavy atom. The Balaban J connectivity index is 1.51. The van der Waals surface area contributed by atoms with Gasteiger partial charge in [0.2, 0.25) is 5.56 Å². The molecule has 0 amide bonds. The van der Waals surface area contributed by atoms with Gasteiger partial charge in [-0.25, -0.2) is 0 Å². The minimum atomic E-state index is -0.0430. The van der Waals surface area contributed by atoms with Crippen LogP contribution in [0.4, 0.5) is 0 Å². The van der Waals surface area contributed by atoms with E-state index in [0.29, 0.717) is 6.61 Å². The van der Waals surface area contributed by atoms with Crippen molar-refractivity contribution >= 4 is 0 Å². The average molecular weight is 386 g/mol. The van der Waals surface area contributed by atoms with Crippen LogP contribution in [0.2, 0.25) is 0 Å². The number of ether oxygens (including phenoxy) is 1. The van der Waals surface area contributed by atoms with Crippen molar-refractivity contribution in [3.63, 3.8) is 0 Å². The van der Waals surface area contributed by atoms with Crippen LogP contribution in [-0.2, 0) is 20.7 Å². The van der Waals surface area contributed by atoms with Crippen LogP contribution < -0.4 is 10.3 Å². The van der Waals surface area contributed by atoms with Crippen LogP contribution in [0.25, 0.3) is 22.4 Å². The number of pyridine rings is 2. The van der Waals surface area contributed by atoms with Gasteiger partial charge in [0.1, 0.15) is 18.1 Å². The van der Waals surface area contributed by atoms with Gasteiger partial charge in [0.05, 0.1) is 5.69 Å². The summed E-state index contributed by atoms with van der Waals surface area (Å²) in [5.41, 5.74) is 5.76. The highest BCUT2D eigenvalue weighted by atomic mass is 16.5. The van der Waals surface area contributed by atoms with Gasteiger partial charge in [0.15, 0.2) is 0 Å². The fourth-order valence-electron chi connectivity index (χ4n) is 3.15. The first-order valence-electron chi connectivity index (χ1n) is 9.35. The standard InChI is InChI=1S/C23H22N4O2/c1-16-4-10-21(24-12-16)17-5-8-19(9-6-17)29-15-22-20(14-27(3)25-22)18-7-11-23(28)26(2)13-18/h4-14H,15H2,1-3H3.